The number of pyridine rings is 1. The van der Waals surface area contributed by atoms with Gasteiger partial charge in [-0.3, -0.25) is 9.48 Å². The maximum Gasteiger partial charge on any atom is 0.433 e. The molecule has 0 radical (unpaired) electrons. The summed E-state index contributed by atoms with van der Waals surface area (Å²) in [6.07, 6.45) is 0.0734. The lowest BCUT2D eigenvalue weighted by Crippen LogP contribution is -2.10. The lowest BCUT2D eigenvalue weighted by atomic mass is 10.1. The molecule has 0 atom stereocenters. The second-order valence-electron chi connectivity index (χ2n) is 7.05. The number of thioether (sulfide) groups is 1. The molecule has 2 heterocycles. The van der Waals surface area contributed by atoms with Gasteiger partial charge in [0.1, 0.15) is 28.2 Å². The van der Waals surface area contributed by atoms with Crippen LogP contribution in [0.15, 0.2) is 47.6 Å². The molecule has 33 heavy (non-hydrogen) atoms. The van der Waals surface area contributed by atoms with Gasteiger partial charge in [0, 0.05) is 24.6 Å². The molecule has 0 spiro atoms. The van der Waals surface area contributed by atoms with E-state index in [2.05, 4.69) is 10.1 Å². The molecule has 10 heteroatoms. The quantitative estimate of drug-likeness (QED) is 0.267. The van der Waals surface area contributed by atoms with Crippen LogP contribution in [0.2, 0.25) is 0 Å². The molecule has 0 amide bonds. The molecule has 0 saturated carbocycles. The fourth-order valence-corrected chi connectivity index (χ4v) is 4.03. The van der Waals surface area contributed by atoms with E-state index in [1.165, 1.54) is 24.8 Å². The van der Waals surface area contributed by atoms with Crippen LogP contribution in [-0.4, -0.2) is 27.7 Å². The number of allylic oxidation sites excluding steroid dienone is 1. The smallest absolute Gasteiger partial charge is 0.433 e. The van der Waals surface area contributed by atoms with Crippen molar-refractivity contribution in [2.24, 2.45) is 7.05 Å². The number of hydrogen-bond acceptors (Lipinski definition) is 6. The molecule has 0 aliphatic carbocycles. The van der Waals surface area contributed by atoms with E-state index in [0.717, 1.165) is 17.8 Å². The van der Waals surface area contributed by atoms with Crippen molar-refractivity contribution >= 4 is 23.6 Å². The monoisotopic (exact) mass is 472 g/mol. The molecular formula is C23H19F3N4O2S. The van der Waals surface area contributed by atoms with Gasteiger partial charge >= 0.3 is 6.18 Å². The zero-order chi connectivity index (χ0) is 24.2. The van der Waals surface area contributed by atoms with Crippen molar-refractivity contribution in [3.63, 3.8) is 0 Å². The summed E-state index contributed by atoms with van der Waals surface area (Å²) in [5, 5.41) is 13.5. The van der Waals surface area contributed by atoms with E-state index in [-0.39, 0.29) is 27.7 Å². The highest BCUT2D eigenvalue weighted by Gasteiger charge is 2.34. The fourth-order valence-electron chi connectivity index (χ4n) is 2.99. The number of ether oxygens (including phenoxy) is 1. The second-order valence-corrected chi connectivity index (χ2v) is 8.01. The maximum absolute atomic E-state index is 13.2. The highest BCUT2D eigenvalue weighted by molar-refractivity contribution is 7.98. The Morgan fingerprint density at radius 3 is 2.67 bits per heavy atom. The van der Waals surface area contributed by atoms with Crippen molar-refractivity contribution in [3.8, 4) is 11.8 Å². The minimum atomic E-state index is -4.61. The van der Waals surface area contributed by atoms with Gasteiger partial charge in [0.15, 0.2) is 0 Å². The predicted molar refractivity (Wildman–Crippen MR) is 118 cm³/mol. The number of rotatable bonds is 7. The van der Waals surface area contributed by atoms with Gasteiger partial charge in [-0.05, 0) is 48.4 Å². The van der Waals surface area contributed by atoms with E-state index >= 15 is 0 Å². The van der Waals surface area contributed by atoms with Crippen molar-refractivity contribution in [2.75, 3.05) is 7.11 Å². The van der Waals surface area contributed by atoms with Gasteiger partial charge in [-0.1, -0.05) is 12.1 Å². The highest BCUT2D eigenvalue weighted by atomic mass is 32.2. The molecule has 0 unspecified atom stereocenters. The summed E-state index contributed by atoms with van der Waals surface area (Å²) in [4.78, 5) is 15.9. The number of nitriles is 1. The van der Waals surface area contributed by atoms with Gasteiger partial charge in [0.2, 0.25) is 5.78 Å². The van der Waals surface area contributed by atoms with Crippen LogP contribution in [0.1, 0.15) is 38.4 Å². The molecule has 3 aromatic rings. The SMILES string of the molecule is COc1ccc(/C=C/C(=O)c2ccn(C)n2)cc1CSc1nc(C(F)(F)F)cc(C)c1C#N. The molecule has 170 valence electrons. The second kappa shape index (κ2) is 9.92. The number of ketones is 1. The van der Waals surface area contributed by atoms with Crippen LogP contribution in [0.3, 0.4) is 0 Å². The first kappa shape index (κ1) is 24.1. The summed E-state index contributed by atoms with van der Waals surface area (Å²) in [7, 11) is 3.20. The summed E-state index contributed by atoms with van der Waals surface area (Å²) in [5.41, 5.74) is 0.953. The molecule has 0 saturated heterocycles. The van der Waals surface area contributed by atoms with Gasteiger partial charge in [-0.2, -0.15) is 23.5 Å². The summed E-state index contributed by atoms with van der Waals surface area (Å²) in [6, 6.07) is 9.63. The van der Waals surface area contributed by atoms with E-state index in [1.54, 1.807) is 43.6 Å². The highest BCUT2D eigenvalue weighted by Crippen LogP contribution is 2.35. The number of nitrogens with zero attached hydrogens (tertiary/aromatic N) is 4. The minimum Gasteiger partial charge on any atom is -0.496 e. The van der Waals surface area contributed by atoms with Crippen molar-refractivity contribution in [2.45, 2.75) is 23.9 Å². The number of halogens is 3. The molecule has 3 rings (SSSR count). The van der Waals surface area contributed by atoms with Crippen molar-refractivity contribution < 1.29 is 22.7 Å². The van der Waals surface area contributed by atoms with Crippen LogP contribution in [0.25, 0.3) is 6.08 Å². The first-order chi connectivity index (χ1) is 15.6. The Morgan fingerprint density at radius 2 is 2.06 bits per heavy atom. The van der Waals surface area contributed by atoms with E-state index in [4.69, 9.17) is 4.74 Å². The average Bonchev–Trinajstić information content (AvgIpc) is 3.21. The van der Waals surface area contributed by atoms with Gasteiger partial charge in [-0.25, -0.2) is 4.98 Å². The number of carbonyl (C=O) groups excluding carboxylic acids is 1. The molecule has 1 aromatic carbocycles. The number of aromatic nitrogens is 3. The van der Waals surface area contributed by atoms with E-state index in [1.807, 2.05) is 6.07 Å². The number of alkyl halides is 3. The van der Waals surface area contributed by atoms with Crippen LogP contribution < -0.4 is 4.74 Å². The maximum atomic E-state index is 13.2. The Morgan fingerprint density at radius 1 is 1.30 bits per heavy atom. The predicted octanol–water partition coefficient (Wildman–Crippen LogP) is 5.21. The minimum absolute atomic E-state index is 0.00171. The summed E-state index contributed by atoms with van der Waals surface area (Å²) in [6.45, 7) is 1.45. The molecule has 0 aliphatic heterocycles. The zero-order valence-electron chi connectivity index (χ0n) is 18.0. The van der Waals surface area contributed by atoms with E-state index in [0.29, 0.717) is 22.6 Å². The van der Waals surface area contributed by atoms with Crippen molar-refractivity contribution in [3.05, 3.63) is 76.2 Å². The zero-order valence-corrected chi connectivity index (χ0v) is 18.8. The van der Waals surface area contributed by atoms with Crippen LogP contribution in [0, 0.1) is 18.3 Å². The van der Waals surface area contributed by atoms with Crippen LogP contribution in [0.4, 0.5) is 13.2 Å². The molecule has 6 nitrogen and oxygen atoms in total. The lowest BCUT2D eigenvalue weighted by molar-refractivity contribution is -0.141. The largest absolute Gasteiger partial charge is 0.496 e. The van der Waals surface area contributed by atoms with Crippen LogP contribution in [-0.2, 0) is 19.0 Å². The Balaban J connectivity index is 1.85. The molecule has 2 aromatic heterocycles. The number of hydrogen-bond donors (Lipinski definition) is 0. The van der Waals surface area contributed by atoms with Gasteiger partial charge < -0.3 is 4.74 Å². The fraction of sp³-hybridized carbons (Fsp3) is 0.217. The van der Waals surface area contributed by atoms with Crippen molar-refractivity contribution in [1.82, 2.24) is 14.8 Å². The van der Waals surface area contributed by atoms with Crippen molar-refractivity contribution in [1.29, 1.82) is 5.26 Å². The van der Waals surface area contributed by atoms with Crippen LogP contribution in [0.5, 0.6) is 5.75 Å². The lowest BCUT2D eigenvalue weighted by Gasteiger charge is -2.13. The number of carbonyl (C=O) groups is 1. The average molecular weight is 472 g/mol. The molecule has 0 bridgehead atoms. The number of aryl methyl sites for hydroxylation is 2. The van der Waals surface area contributed by atoms with Gasteiger partial charge in [0.05, 0.1) is 12.7 Å². The molecule has 0 aliphatic rings. The Bertz CT molecular complexity index is 1260. The third-order valence-electron chi connectivity index (χ3n) is 4.65. The normalized spacial score (nSPS) is 11.5. The Kier molecular flexibility index (Phi) is 7.23. The van der Waals surface area contributed by atoms with Gasteiger partial charge in [0.25, 0.3) is 0 Å². The standard InChI is InChI=1S/C23H19F3N4O2S/c1-14-10-21(23(24,25)26)28-22(17(14)12-27)33-13-16-11-15(5-7-20(16)32-3)4-6-19(31)18-8-9-30(2)29-18/h4-11H,13H2,1-3H3/b6-4+. The third kappa shape index (κ3) is 5.81. The topological polar surface area (TPSA) is 80.8 Å². The van der Waals surface area contributed by atoms with Gasteiger partial charge in [-0.15, -0.1) is 11.8 Å². The Hall–Kier alpha value is -3.58. The van der Waals surface area contributed by atoms with E-state index < -0.39 is 11.9 Å². The summed E-state index contributed by atoms with van der Waals surface area (Å²) < 4.78 is 46.4. The van der Waals surface area contributed by atoms with E-state index in [9.17, 15) is 23.2 Å². The first-order valence-corrected chi connectivity index (χ1v) is 10.6. The summed E-state index contributed by atoms with van der Waals surface area (Å²) >= 11 is 1.01. The number of benzene rings is 1. The molecular weight excluding hydrogens is 453 g/mol. The first-order valence-electron chi connectivity index (χ1n) is 9.63. The summed E-state index contributed by atoms with van der Waals surface area (Å²) in [5.74, 6) is 0.476. The van der Waals surface area contributed by atoms with Crippen LogP contribution >= 0.6 is 11.8 Å². The third-order valence-corrected chi connectivity index (χ3v) is 5.67. The molecule has 0 N–H and O–H groups in total. The molecule has 0 fully saturated rings. The number of methoxy groups -OCH3 is 1. The Labute approximate surface area is 192 Å².